The standard InChI is InChI=1S/C24H31N3O3S/c1-3-26-12-6-8-17(26)16-25-23(28)21-18-9-4-5-10-19(18)24(29)27(13-14-30-2)22(21)20-11-7-15-31-20/h4-5,7,9-11,15,17,21-22H,3,6,8,12-14,16H2,1-2H3,(H,25,28)/t17-,21+,22-/m1/s1. The van der Waals surface area contributed by atoms with Crippen molar-refractivity contribution in [2.75, 3.05) is 39.9 Å². The van der Waals surface area contributed by atoms with E-state index in [1.807, 2.05) is 46.7 Å². The largest absolute Gasteiger partial charge is 0.383 e. The molecule has 166 valence electrons. The molecule has 0 unspecified atom stereocenters. The summed E-state index contributed by atoms with van der Waals surface area (Å²) in [5.41, 5.74) is 1.43. The molecule has 2 aromatic rings. The van der Waals surface area contributed by atoms with Gasteiger partial charge in [0.05, 0.1) is 18.6 Å². The molecule has 31 heavy (non-hydrogen) atoms. The topological polar surface area (TPSA) is 61.9 Å². The van der Waals surface area contributed by atoms with Gasteiger partial charge in [0.1, 0.15) is 0 Å². The number of hydrogen-bond donors (Lipinski definition) is 1. The highest BCUT2D eigenvalue weighted by atomic mass is 32.1. The number of thiophene rings is 1. The number of ether oxygens (including phenoxy) is 1. The van der Waals surface area contributed by atoms with E-state index < -0.39 is 5.92 Å². The van der Waals surface area contributed by atoms with Gasteiger partial charge in [-0.3, -0.25) is 14.5 Å². The highest BCUT2D eigenvalue weighted by Crippen LogP contribution is 2.44. The molecule has 1 aromatic carbocycles. The van der Waals surface area contributed by atoms with Crippen LogP contribution in [0.4, 0.5) is 0 Å². The molecule has 1 saturated heterocycles. The summed E-state index contributed by atoms with van der Waals surface area (Å²) in [5.74, 6) is -0.493. The number of benzene rings is 1. The van der Waals surface area contributed by atoms with Crippen LogP contribution in [0, 0.1) is 0 Å². The van der Waals surface area contributed by atoms with Crippen LogP contribution in [0.15, 0.2) is 41.8 Å². The second-order valence-electron chi connectivity index (χ2n) is 8.19. The molecule has 0 bridgehead atoms. The summed E-state index contributed by atoms with van der Waals surface area (Å²) in [4.78, 5) is 32.3. The molecule has 1 N–H and O–H groups in total. The molecule has 3 heterocycles. The molecule has 7 heteroatoms. The zero-order valence-corrected chi connectivity index (χ0v) is 19.1. The summed E-state index contributed by atoms with van der Waals surface area (Å²) in [7, 11) is 1.63. The summed E-state index contributed by atoms with van der Waals surface area (Å²) in [6.07, 6.45) is 2.29. The zero-order valence-electron chi connectivity index (χ0n) is 18.3. The number of fused-ring (bicyclic) bond motifs is 1. The summed E-state index contributed by atoms with van der Waals surface area (Å²) in [6, 6.07) is 11.6. The van der Waals surface area contributed by atoms with Crippen molar-refractivity contribution in [2.45, 2.75) is 37.8 Å². The number of nitrogens with zero attached hydrogens (tertiary/aromatic N) is 2. The van der Waals surface area contributed by atoms with Gasteiger partial charge in [0.25, 0.3) is 5.91 Å². The van der Waals surface area contributed by atoms with Crippen molar-refractivity contribution in [1.82, 2.24) is 15.1 Å². The maximum Gasteiger partial charge on any atom is 0.254 e. The average molecular weight is 442 g/mol. The lowest BCUT2D eigenvalue weighted by molar-refractivity contribution is -0.124. The van der Waals surface area contributed by atoms with Crippen molar-refractivity contribution in [3.8, 4) is 0 Å². The lowest BCUT2D eigenvalue weighted by Gasteiger charge is -2.41. The van der Waals surface area contributed by atoms with Crippen LogP contribution in [0.3, 0.4) is 0 Å². The smallest absolute Gasteiger partial charge is 0.254 e. The fourth-order valence-corrected chi connectivity index (χ4v) is 5.83. The Bertz CT molecular complexity index is 901. The maximum atomic E-state index is 13.6. The van der Waals surface area contributed by atoms with Crippen molar-refractivity contribution in [3.63, 3.8) is 0 Å². The number of methoxy groups -OCH3 is 1. The van der Waals surface area contributed by atoms with Crippen LogP contribution < -0.4 is 5.32 Å². The van der Waals surface area contributed by atoms with E-state index in [2.05, 4.69) is 17.1 Å². The molecule has 3 atom stereocenters. The first-order valence-electron chi connectivity index (χ1n) is 11.1. The van der Waals surface area contributed by atoms with Crippen LogP contribution in [-0.4, -0.2) is 67.6 Å². The third-order valence-electron chi connectivity index (χ3n) is 6.51. The molecule has 0 spiro atoms. The van der Waals surface area contributed by atoms with E-state index in [1.54, 1.807) is 18.4 Å². The first-order valence-corrected chi connectivity index (χ1v) is 12.0. The minimum atomic E-state index is -0.444. The number of likely N-dealkylation sites (tertiary alicyclic amines) is 1. The van der Waals surface area contributed by atoms with Gasteiger partial charge in [-0.05, 0) is 49.0 Å². The van der Waals surface area contributed by atoms with Gasteiger partial charge in [0, 0.05) is 36.7 Å². The van der Waals surface area contributed by atoms with Gasteiger partial charge in [-0.25, -0.2) is 0 Å². The number of rotatable bonds is 8. The van der Waals surface area contributed by atoms with Gasteiger partial charge in [-0.1, -0.05) is 31.2 Å². The van der Waals surface area contributed by atoms with E-state index in [-0.39, 0.29) is 17.9 Å². The number of carbonyl (C=O) groups excluding carboxylic acids is 2. The van der Waals surface area contributed by atoms with Gasteiger partial charge in [-0.2, -0.15) is 0 Å². The van der Waals surface area contributed by atoms with Crippen molar-refractivity contribution >= 4 is 23.2 Å². The quantitative estimate of drug-likeness (QED) is 0.683. The zero-order chi connectivity index (χ0) is 21.8. The second kappa shape index (κ2) is 9.94. The molecular formula is C24H31N3O3S. The normalized spacial score (nSPS) is 23.7. The fraction of sp³-hybridized carbons (Fsp3) is 0.500. The third-order valence-corrected chi connectivity index (χ3v) is 7.45. The number of hydrogen-bond acceptors (Lipinski definition) is 5. The Morgan fingerprint density at radius 2 is 2.10 bits per heavy atom. The van der Waals surface area contributed by atoms with Gasteiger partial charge < -0.3 is 15.0 Å². The Balaban J connectivity index is 1.67. The number of carbonyl (C=O) groups is 2. The molecule has 2 aliphatic rings. The SMILES string of the molecule is CCN1CCC[C@@H]1CNC(=O)[C@H]1c2ccccc2C(=O)N(CCOC)[C@@H]1c1cccs1. The monoisotopic (exact) mass is 441 g/mol. The molecule has 2 aliphatic heterocycles. The highest BCUT2D eigenvalue weighted by Gasteiger charge is 2.44. The predicted octanol–water partition coefficient (Wildman–Crippen LogP) is 3.28. The first kappa shape index (κ1) is 22.0. The van der Waals surface area contributed by atoms with Crippen LogP contribution in [0.25, 0.3) is 0 Å². The van der Waals surface area contributed by atoms with Gasteiger partial charge in [0.15, 0.2) is 0 Å². The molecule has 0 radical (unpaired) electrons. The second-order valence-corrected chi connectivity index (χ2v) is 9.17. The van der Waals surface area contributed by atoms with Gasteiger partial charge in [0.2, 0.25) is 5.91 Å². The van der Waals surface area contributed by atoms with Crippen molar-refractivity contribution in [2.24, 2.45) is 0 Å². The van der Waals surface area contributed by atoms with Crippen LogP contribution in [0.2, 0.25) is 0 Å². The Morgan fingerprint density at radius 1 is 1.26 bits per heavy atom. The molecule has 0 aliphatic carbocycles. The van der Waals surface area contributed by atoms with Crippen molar-refractivity contribution in [1.29, 1.82) is 0 Å². The number of amides is 2. The Kier molecular flexibility index (Phi) is 7.05. The lowest BCUT2D eigenvalue weighted by Crippen LogP contribution is -2.49. The molecule has 0 saturated carbocycles. The summed E-state index contributed by atoms with van der Waals surface area (Å²) >= 11 is 1.59. The maximum absolute atomic E-state index is 13.6. The van der Waals surface area contributed by atoms with E-state index in [4.69, 9.17) is 4.74 Å². The average Bonchev–Trinajstić information content (AvgIpc) is 3.48. The van der Waals surface area contributed by atoms with E-state index in [0.29, 0.717) is 31.3 Å². The van der Waals surface area contributed by atoms with Crippen LogP contribution >= 0.6 is 11.3 Å². The minimum absolute atomic E-state index is 0.0104. The Hall–Kier alpha value is -2.22. The van der Waals surface area contributed by atoms with E-state index in [9.17, 15) is 9.59 Å². The van der Waals surface area contributed by atoms with Crippen molar-refractivity contribution in [3.05, 3.63) is 57.8 Å². The molecule has 1 fully saturated rings. The predicted molar refractivity (Wildman–Crippen MR) is 122 cm³/mol. The van der Waals surface area contributed by atoms with E-state index in [0.717, 1.165) is 30.0 Å². The Labute approximate surface area is 188 Å². The lowest BCUT2D eigenvalue weighted by atomic mass is 9.81. The van der Waals surface area contributed by atoms with Crippen LogP contribution in [-0.2, 0) is 9.53 Å². The highest BCUT2D eigenvalue weighted by molar-refractivity contribution is 7.10. The molecule has 1 aromatic heterocycles. The Morgan fingerprint density at radius 3 is 2.84 bits per heavy atom. The molecule has 4 rings (SSSR count). The summed E-state index contributed by atoms with van der Waals surface area (Å²) < 4.78 is 5.28. The van der Waals surface area contributed by atoms with Crippen LogP contribution in [0.5, 0.6) is 0 Å². The van der Waals surface area contributed by atoms with E-state index in [1.165, 1.54) is 6.42 Å². The number of likely N-dealkylation sites (N-methyl/N-ethyl adjacent to an activating group) is 1. The summed E-state index contributed by atoms with van der Waals surface area (Å²) in [6.45, 7) is 5.79. The first-order chi connectivity index (χ1) is 15.2. The summed E-state index contributed by atoms with van der Waals surface area (Å²) in [5, 5.41) is 5.24. The fourth-order valence-electron chi connectivity index (χ4n) is 4.96. The molecule has 2 amide bonds. The third kappa shape index (κ3) is 4.40. The van der Waals surface area contributed by atoms with Crippen molar-refractivity contribution < 1.29 is 14.3 Å². The van der Waals surface area contributed by atoms with Gasteiger partial charge >= 0.3 is 0 Å². The van der Waals surface area contributed by atoms with Gasteiger partial charge in [-0.15, -0.1) is 11.3 Å². The van der Waals surface area contributed by atoms with Crippen LogP contribution in [0.1, 0.15) is 52.5 Å². The minimum Gasteiger partial charge on any atom is -0.383 e. The molecule has 6 nitrogen and oxygen atoms in total. The number of nitrogens with one attached hydrogen (secondary N) is 1. The van der Waals surface area contributed by atoms with E-state index >= 15 is 0 Å². The molecular weight excluding hydrogens is 410 g/mol.